The predicted molar refractivity (Wildman–Crippen MR) is 55.8 cm³/mol. The maximum absolute atomic E-state index is 12.2. The van der Waals surface area contributed by atoms with Crippen molar-refractivity contribution in [2.45, 2.75) is 35.0 Å². The summed E-state index contributed by atoms with van der Waals surface area (Å²) in [4.78, 5) is 0. The van der Waals surface area contributed by atoms with Gasteiger partial charge in [0.1, 0.15) is 0 Å². The quantitative estimate of drug-likeness (QED) is 0.584. The van der Waals surface area contributed by atoms with Crippen LogP contribution in [0.25, 0.3) is 0 Å². The Morgan fingerprint density at radius 3 is 1.30 bits per heavy atom. The normalized spacial score (nSPS) is 15.8. The minimum Gasteiger partial charge on any atom is -0.393 e. The number of rotatable bonds is 4. The fraction of sp³-hybridized carbons (Fsp3) is 1.00. The molecule has 5 nitrogen and oxygen atoms in total. The average molecular weight is 361 g/mol. The molecule has 0 spiro atoms. The first-order valence-electron chi connectivity index (χ1n) is 4.33. The molecule has 0 aromatic heterocycles. The molecule has 1 radical (unpaired) electrons. The van der Waals surface area contributed by atoms with Crippen molar-refractivity contribution >= 4 is 49.2 Å². The monoisotopic (exact) mass is 361 g/mol. The Bertz CT molecular complexity index is 475. The standard InChI is InChI=1S/C6H8F6O5S2.Na/c1-3(13)2-4(18(14,15)5(7,8)9)19(16,17)6(10,11)12;/h3-4,13H,2H2,1H3;. The summed E-state index contributed by atoms with van der Waals surface area (Å²) in [5.74, 6) is 0. The summed E-state index contributed by atoms with van der Waals surface area (Å²) in [6, 6.07) is 0. The van der Waals surface area contributed by atoms with Crippen LogP contribution in [0.1, 0.15) is 13.3 Å². The van der Waals surface area contributed by atoms with Crippen molar-refractivity contribution in [3.63, 3.8) is 0 Å². The second-order valence-corrected chi connectivity index (χ2v) is 8.04. The van der Waals surface area contributed by atoms with E-state index in [4.69, 9.17) is 5.11 Å². The van der Waals surface area contributed by atoms with Crippen LogP contribution in [0.5, 0.6) is 0 Å². The number of aliphatic hydroxyl groups excluding tert-OH is 1. The van der Waals surface area contributed by atoms with Crippen molar-refractivity contribution in [2.24, 2.45) is 0 Å². The summed E-state index contributed by atoms with van der Waals surface area (Å²) in [7, 11) is -13.3. The van der Waals surface area contributed by atoms with Gasteiger partial charge in [0.25, 0.3) is 19.7 Å². The smallest absolute Gasteiger partial charge is 0.393 e. The molecule has 0 saturated carbocycles. The summed E-state index contributed by atoms with van der Waals surface area (Å²) in [6.45, 7) is 0.658. The first kappa shape index (κ1) is 22.7. The minimum atomic E-state index is -6.64. The van der Waals surface area contributed by atoms with Gasteiger partial charge in [-0.2, -0.15) is 26.3 Å². The largest absolute Gasteiger partial charge is 0.498 e. The van der Waals surface area contributed by atoms with Gasteiger partial charge < -0.3 is 5.11 Å². The molecule has 117 valence electrons. The molecule has 0 rings (SSSR count). The van der Waals surface area contributed by atoms with E-state index in [1.54, 1.807) is 0 Å². The van der Waals surface area contributed by atoms with Crippen LogP contribution in [0, 0.1) is 0 Å². The molecule has 1 unspecified atom stereocenters. The predicted octanol–water partition coefficient (Wildman–Crippen LogP) is 0.572. The fourth-order valence-corrected chi connectivity index (χ4v) is 4.65. The molecular weight excluding hydrogens is 353 g/mol. The summed E-state index contributed by atoms with van der Waals surface area (Å²) < 4.78 is 113. The van der Waals surface area contributed by atoms with E-state index in [0.717, 1.165) is 0 Å². The zero-order valence-corrected chi connectivity index (χ0v) is 13.7. The fourth-order valence-electron chi connectivity index (χ4n) is 0.997. The third-order valence-electron chi connectivity index (χ3n) is 1.87. The van der Waals surface area contributed by atoms with Crippen LogP contribution in [-0.2, 0) is 19.7 Å². The van der Waals surface area contributed by atoms with Gasteiger partial charge in [-0.3, -0.25) is 0 Å². The number of hydrogen-bond donors (Lipinski definition) is 1. The number of aliphatic hydroxyl groups is 1. The first-order chi connectivity index (χ1) is 8.05. The van der Waals surface area contributed by atoms with Gasteiger partial charge in [0, 0.05) is 36.0 Å². The van der Waals surface area contributed by atoms with E-state index in [9.17, 15) is 43.2 Å². The van der Waals surface area contributed by atoms with Gasteiger partial charge in [-0.15, -0.1) is 0 Å². The van der Waals surface area contributed by atoms with Gasteiger partial charge in [0.15, 0.2) is 4.58 Å². The molecule has 14 heteroatoms. The van der Waals surface area contributed by atoms with Gasteiger partial charge in [-0.05, 0) is 6.92 Å². The third kappa shape index (κ3) is 4.73. The van der Waals surface area contributed by atoms with Crippen LogP contribution < -0.4 is 0 Å². The van der Waals surface area contributed by atoms with E-state index < -0.39 is 47.8 Å². The summed E-state index contributed by atoms with van der Waals surface area (Å²) >= 11 is 0. The Morgan fingerprint density at radius 1 is 0.900 bits per heavy atom. The molecular formula is C6H8F6NaO5S2. The molecule has 0 aliphatic carbocycles. The van der Waals surface area contributed by atoms with E-state index in [0.29, 0.717) is 6.92 Å². The number of sulfone groups is 2. The Morgan fingerprint density at radius 2 is 1.15 bits per heavy atom. The van der Waals surface area contributed by atoms with Crippen molar-refractivity contribution in [1.82, 2.24) is 0 Å². The Labute approximate surface area is 132 Å². The first-order valence-corrected chi connectivity index (χ1v) is 7.42. The Hall–Kier alpha value is 0.440. The van der Waals surface area contributed by atoms with Crippen molar-refractivity contribution < 1.29 is 48.3 Å². The zero-order chi connectivity index (χ0) is 15.9. The Balaban J connectivity index is 0. The van der Waals surface area contributed by atoms with Crippen LogP contribution in [-0.4, -0.2) is 73.2 Å². The average Bonchev–Trinajstić information content (AvgIpc) is 2.09. The SMILES string of the molecule is CC(O)CC(S(=O)(=O)C(F)(F)F)S(=O)(=O)C(F)(F)F.[Na]. The Kier molecular flexibility index (Phi) is 7.60. The molecule has 0 aromatic rings. The topological polar surface area (TPSA) is 88.5 Å². The van der Waals surface area contributed by atoms with Crippen LogP contribution in [0.3, 0.4) is 0 Å². The summed E-state index contributed by atoms with van der Waals surface area (Å²) in [5.41, 5.74) is -12.4. The second kappa shape index (κ2) is 6.69. The molecule has 1 N–H and O–H groups in total. The molecule has 0 bridgehead atoms. The van der Waals surface area contributed by atoms with Crippen LogP contribution in [0.2, 0.25) is 0 Å². The number of hydrogen-bond acceptors (Lipinski definition) is 5. The second-order valence-electron chi connectivity index (χ2n) is 3.50. The van der Waals surface area contributed by atoms with Crippen LogP contribution in [0.15, 0.2) is 0 Å². The number of alkyl halides is 6. The maximum Gasteiger partial charge on any atom is 0.498 e. The molecule has 0 aromatic carbocycles. The van der Waals surface area contributed by atoms with E-state index in [1.807, 2.05) is 0 Å². The molecule has 0 saturated heterocycles. The molecule has 0 fully saturated rings. The van der Waals surface area contributed by atoms with E-state index >= 15 is 0 Å². The molecule has 1 atom stereocenters. The van der Waals surface area contributed by atoms with Crippen molar-refractivity contribution in [3.8, 4) is 0 Å². The van der Waals surface area contributed by atoms with Gasteiger partial charge in [0.05, 0.1) is 6.10 Å². The molecule has 0 heterocycles. The molecule has 0 aliphatic rings. The van der Waals surface area contributed by atoms with E-state index in [2.05, 4.69) is 0 Å². The van der Waals surface area contributed by atoms with Crippen LogP contribution in [0.4, 0.5) is 26.3 Å². The van der Waals surface area contributed by atoms with Crippen LogP contribution >= 0.6 is 0 Å². The zero-order valence-electron chi connectivity index (χ0n) is 10.0. The van der Waals surface area contributed by atoms with Gasteiger partial charge in [0.2, 0.25) is 0 Å². The van der Waals surface area contributed by atoms with Crippen molar-refractivity contribution in [2.75, 3.05) is 0 Å². The van der Waals surface area contributed by atoms with Crippen molar-refractivity contribution in [1.29, 1.82) is 0 Å². The van der Waals surface area contributed by atoms with Gasteiger partial charge >= 0.3 is 11.0 Å². The molecule has 0 amide bonds. The van der Waals surface area contributed by atoms with E-state index in [1.165, 1.54) is 0 Å². The number of halogens is 6. The van der Waals surface area contributed by atoms with Gasteiger partial charge in [-0.1, -0.05) is 0 Å². The third-order valence-corrected chi connectivity index (χ3v) is 6.45. The summed E-state index contributed by atoms with van der Waals surface area (Å²) in [5, 5.41) is 8.72. The maximum atomic E-state index is 12.2. The van der Waals surface area contributed by atoms with E-state index in [-0.39, 0.29) is 29.6 Å². The minimum absolute atomic E-state index is 0. The van der Waals surface area contributed by atoms with Crippen molar-refractivity contribution in [3.05, 3.63) is 0 Å². The molecule has 20 heavy (non-hydrogen) atoms. The van der Waals surface area contributed by atoms with Gasteiger partial charge in [-0.25, -0.2) is 16.8 Å². The summed E-state index contributed by atoms with van der Waals surface area (Å²) in [6.07, 6.45) is -3.75. The molecule has 0 aliphatic heterocycles.